The molecule has 0 heterocycles. The van der Waals surface area contributed by atoms with Crippen LogP contribution in [0.3, 0.4) is 0 Å². The van der Waals surface area contributed by atoms with Crippen molar-refractivity contribution >= 4 is 0 Å². The van der Waals surface area contributed by atoms with E-state index in [-0.39, 0.29) is 0 Å². The van der Waals surface area contributed by atoms with Crippen molar-refractivity contribution in [3.8, 4) is 0 Å². The van der Waals surface area contributed by atoms with E-state index >= 15 is 0 Å². The fraction of sp³-hybridized carbons (Fsp3) is 0.571. The Morgan fingerprint density at radius 3 is 2.81 bits per heavy atom. The van der Waals surface area contributed by atoms with Crippen LogP contribution in [0.2, 0.25) is 0 Å². The molecule has 16 heavy (non-hydrogen) atoms. The molecule has 1 aromatic rings. The predicted molar refractivity (Wildman–Crippen MR) is 68.8 cm³/mol. The van der Waals surface area contributed by atoms with Gasteiger partial charge in [0.2, 0.25) is 0 Å². The van der Waals surface area contributed by atoms with E-state index in [1.165, 1.54) is 24.0 Å². The minimum Gasteiger partial charge on any atom is -0.315 e. The lowest BCUT2D eigenvalue weighted by molar-refractivity contribution is 0.609. The Hall–Kier alpha value is -0.860. The van der Waals surface area contributed by atoms with Crippen molar-refractivity contribution in [3.63, 3.8) is 0 Å². The van der Waals surface area contributed by atoms with Gasteiger partial charge in [0.05, 0.1) is 0 Å². The summed E-state index contributed by atoms with van der Waals surface area (Å²) in [7, 11) is 0. The molecule has 1 fully saturated rings. The average molecular weight is 218 g/mol. The highest BCUT2D eigenvalue weighted by molar-refractivity contribution is 5.22. The van der Waals surface area contributed by atoms with Gasteiger partial charge in [0.25, 0.3) is 0 Å². The van der Waals surface area contributed by atoms with Gasteiger partial charge in [0, 0.05) is 19.1 Å². The van der Waals surface area contributed by atoms with Crippen LogP contribution >= 0.6 is 0 Å². The van der Waals surface area contributed by atoms with E-state index in [0.29, 0.717) is 0 Å². The van der Waals surface area contributed by atoms with Crippen molar-refractivity contribution in [3.05, 3.63) is 35.4 Å². The highest BCUT2D eigenvalue weighted by Gasteiger charge is 2.19. The average Bonchev–Trinajstić information content (AvgIpc) is 3.07. The summed E-state index contributed by atoms with van der Waals surface area (Å²) in [4.78, 5) is 0. The summed E-state index contributed by atoms with van der Waals surface area (Å²) in [5, 5.41) is 6.98. The third-order valence-electron chi connectivity index (χ3n) is 2.99. The molecule has 0 bridgehead atoms. The number of hydrogen-bond acceptors (Lipinski definition) is 2. The zero-order chi connectivity index (χ0) is 11.2. The maximum Gasteiger partial charge on any atom is 0.00793 e. The molecule has 0 spiro atoms. The second kappa shape index (κ2) is 6.02. The molecule has 2 heteroatoms. The Morgan fingerprint density at radius 1 is 1.19 bits per heavy atom. The highest BCUT2D eigenvalue weighted by atomic mass is 15.0. The first-order chi connectivity index (χ1) is 7.84. The molecule has 2 rings (SSSR count). The Bertz CT molecular complexity index is 318. The molecule has 0 aliphatic heterocycles. The van der Waals surface area contributed by atoms with Gasteiger partial charge in [-0.25, -0.2) is 0 Å². The number of nitrogens with one attached hydrogen (secondary N) is 2. The number of rotatable bonds is 7. The van der Waals surface area contributed by atoms with Gasteiger partial charge in [0.15, 0.2) is 0 Å². The molecule has 0 atom stereocenters. The minimum absolute atomic E-state index is 0.832. The molecule has 88 valence electrons. The van der Waals surface area contributed by atoms with Crippen LogP contribution in [0.1, 0.15) is 24.0 Å². The largest absolute Gasteiger partial charge is 0.315 e. The molecule has 2 N–H and O–H groups in total. The van der Waals surface area contributed by atoms with Crippen LogP contribution in [0.15, 0.2) is 24.3 Å². The first-order valence-electron chi connectivity index (χ1n) is 6.34. The first-order valence-corrected chi connectivity index (χ1v) is 6.34. The smallest absolute Gasteiger partial charge is 0.00793 e. The van der Waals surface area contributed by atoms with Crippen LogP contribution in [0.5, 0.6) is 0 Å². The molecule has 1 aliphatic carbocycles. The lowest BCUT2D eigenvalue weighted by Gasteiger charge is -2.06. The molecule has 0 aromatic heterocycles. The van der Waals surface area contributed by atoms with Crippen LogP contribution in [-0.2, 0) is 6.42 Å². The third-order valence-corrected chi connectivity index (χ3v) is 2.99. The predicted octanol–water partition coefficient (Wildman–Crippen LogP) is 1.88. The van der Waals surface area contributed by atoms with Gasteiger partial charge >= 0.3 is 0 Å². The third kappa shape index (κ3) is 4.33. The molecule has 1 aromatic carbocycles. The lowest BCUT2D eigenvalue weighted by Crippen LogP contribution is -2.29. The Labute approximate surface area is 98.4 Å². The van der Waals surface area contributed by atoms with E-state index in [4.69, 9.17) is 0 Å². The Morgan fingerprint density at radius 2 is 2.06 bits per heavy atom. The van der Waals surface area contributed by atoms with E-state index in [9.17, 15) is 0 Å². The van der Waals surface area contributed by atoms with Crippen LogP contribution in [0, 0.1) is 6.92 Å². The summed E-state index contributed by atoms with van der Waals surface area (Å²) in [6, 6.07) is 9.59. The van der Waals surface area contributed by atoms with Crippen molar-refractivity contribution < 1.29 is 0 Å². The number of hydrogen-bond donors (Lipinski definition) is 2. The molecule has 0 radical (unpaired) electrons. The normalized spacial score (nSPS) is 15.3. The molecule has 2 nitrogen and oxygen atoms in total. The molecule has 1 saturated carbocycles. The molecule has 1 aliphatic rings. The summed E-state index contributed by atoms with van der Waals surface area (Å²) < 4.78 is 0. The van der Waals surface area contributed by atoms with Gasteiger partial charge < -0.3 is 10.6 Å². The fourth-order valence-electron chi connectivity index (χ4n) is 1.88. The first kappa shape index (κ1) is 11.6. The molecular formula is C14H22N2. The standard InChI is InChI=1S/C14H22N2/c1-12-3-2-4-13(11-12)7-8-15-9-10-16-14-5-6-14/h2-4,11,14-16H,5-10H2,1H3. The second-order valence-electron chi connectivity index (χ2n) is 4.72. The van der Waals surface area contributed by atoms with Gasteiger partial charge in [-0.05, 0) is 38.3 Å². The maximum absolute atomic E-state index is 3.50. The zero-order valence-corrected chi connectivity index (χ0v) is 10.1. The summed E-state index contributed by atoms with van der Waals surface area (Å²) in [6.45, 7) is 5.42. The summed E-state index contributed by atoms with van der Waals surface area (Å²) in [5.41, 5.74) is 2.79. The van der Waals surface area contributed by atoms with E-state index in [1.54, 1.807) is 0 Å². The Kier molecular flexibility index (Phi) is 4.37. The highest BCUT2D eigenvalue weighted by Crippen LogP contribution is 2.17. The van der Waals surface area contributed by atoms with Crippen molar-refractivity contribution in [1.82, 2.24) is 10.6 Å². The van der Waals surface area contributed by atoms with Crippen molar-refractivity contribution in [2.75, 3.05) is 19.6 Å². The van der Waals surface area contributed by atoms with E-state index in [2.05, 4.69) is 41.8 Å². The maximum atomic E-state index is 3.50. The minimum atomic E-state index is 0.832. The zero-order valence-electron chi connectivity index (χ0n) is 10.1. The van der Waals surface area contributed by atoms with Crippen molar-refractivity contribution in [1.29, 1.82) is 0 Å². The van der Waals surface area contributed by atoms with Gasteiger partial charge in [-0.2, -0.15) is 0 Å². The van der Waals surface area contributed by atoms with Crippen molar-refractivity contribution in [2.45, 2.75) is 32.2 Å². The Balaban J connectivity index is 1.53. The van der Waals surface area contributed by atoms with Gasteiger partial charge in [-0.1, -0.05) is 29.8 Å². The fourth-order valence-corrected chi connectivity index (χ4v) is 1.88. The van der Waals surface area contributed by atoms with Crippen LogP contribution < -0.4 is 10.6 Å². The number of benzene rings is 1. The SMILES string of the molecule is Cc1cccc(CCNCCNC2CC2)c1. The number of aryl methyl sites for hydroxylation is 1. The summed E-state index contributed by atoms with van der Waals surface area (Å²) in [5.74, 6) is 0. The monoisotopic (exact) mass is 218 g/mol. The van der Waals surface area contributed by atoms with Gasteiger partial charge in [0.1, 0.15) is 0 Å². The quantitative estimate of drug-likeness (QED) is 0.683. The topological polar surface area (TPSA) is 24.1 Å². The van der Waals surface area contributed by atoms with Gasteiger partial charge in [-0.3, -0.25) is 0 Å². The summed E-state index contributed by atoms with van der Waals surface area (Å²) in [6.07, 6.45) is 3.89. The van der Waals surface area contributed by atoms with E-state index in [0.717, 1.165) is 32.1 Å². The lowest BCUT2D eigenvalue weighted by atomic mass is 10.1. The molecule has 0 saturated heterocycles. The van der Waals surface area contributed by atoms with Gasteiger partial charge in [-0.15, -0.1) is 0 Å². The van der Waals surface area contributed by atoms with Crippen LogP contribution in [0.4, 0.5) is 0 Å². The summed E-state index contributed by atoms with van der Waals surface area (Å²) >= 11 is 0. The second-order valence-corrected chi connectivity index (χ2v) is 4.72. The van der Waals surface area contributed by atoms with E-state index in [1.807, 2.05) is 0 Å². The van der Waals surface area contributed by atoms with E-state index < -0.39 is 0 Å². The van der Waals surface area contributed by atoms with Crippen LogP contribution in [0.25, 0.3) is 0 Å². The molecule has 0 unspecified atom stereocenters. The van der Waals surface area contributed by atoms with Crippen molar-refractivity contribution in [2.24, 2.45) is 0 Å². The van der Waals surface area contributed by atoms with Crippen LogP contribution in [-0.4, -0.2) is 25.7 Å². The molecular weight excluding hydrogens is 196 g/mol. The molecule has 0 amide bonds.